The van der Waals surface area contributed by atoms with E-state index in [0.29, 0.717) is 0 Å². The van der Waals surface area contributed by atoms with Gasteiger partial charge in [-0.1, -0.05) is 72.8 Å². The van der Waals surface area contributed by atoms with E-state index in [-0.39, 0.29) is 0 Å². The minimum Gasteiger partial charge on any atom is -0.367 e. The topological polar surface area (TPSA) is 16.1 Å². The summed E-state index contributed by atoms with van der Waals surface area (Å²) in [6.07, 6.45) is 6.20. The maximum Gasteiger partial charge on any atom is 0.0707 e. The molecule has 0 aliphatic heterocycles. The van der Waals surface area contributed by atoms with Crippen molar-refractivity contribution in [1.82, 2.24) is 4.98 Å². The van der Waals surface area contributed by atoms with Crippen molar-refractivity contribution in [3.8, 4) is 0 Å². The summed E-state index contributed by atoms with van der Waals surface area (Å²) in [6, 6.07) is 29.7. The van der Waals surface area contributed by atoms with Gasteiger partial charge in [-0.2, -0.15) is 0 Å². The lowest BCUT2D eigenvalue weighted by molar-refractivity contribution is 0.832. The van der Waals surface area contributed by atoms with Crippen molar-refractivity contribution >= 4 is 28.7 Å². The molecule has 0 unspecified atom stereocenters. The van der Waals surface area contributed by atoms with Crippen LogP contribution in [-0.2, 0) is 6.54 Å². The van der Waals surface area contributed by atoms with Crippen LogP contribution in [0.3, 0.4) is 0 Å². The number of para-hydroxylation sites is 1. The minimum atomic E-state index is 0.926. The Labute approximate surface area is 166 Å². The van der Waals surface area contributed by atoms with E-state index in [1.165, 1.54) is 27.8 Å². The van der Waals surface area contributed by atoms with Crippen LogP contribution in [0.5, 0.6) is 0 Å². The molecule has 4 aromatic rings. The van der Waals surface area contributed by atoms with Crippen LogP contribution < -0.4 is 4.90 Å². The Morgan fingerprint density at radius 1 is 0.786 bits per heavy atom. The summed E-state index contributed by atoms with van der Waals surface area (Å²) in [5, 5.41) is 1.18. The Hall–Kier alpha value is -3.39. The van der Waals surface area contributed by atoms with Crippen LogP contribution in [0, 0.1) is 0 Å². The standard InChI is InChI=1S/C26H24N2/c1-2-28(20-22-8-4-3-5-9-22)24-16-13-21(14-17-24)12-15-23-18-19-27-26-11-7-6-10-25(23)26/h3-19H,2,20H2,1H3/b15-12+. The van der Waals surface area contributed by atoms with Gasteiger partial charge in [0.15, 0.2) is 0 Å². The Kier molecular flexibility index (Phi) is 5.48. The third kappa shape index (κ3) is 4.12. The second kappa shape index (κ2) is 8.53. The summed E-state index contributed by atoms with van der Waals surface area (Å²) >= 11 is 0. The Bertz CT molecular complexity index is 1060. The van der Waals surface area contributed by atoms with E-state index in [4.69, 9.17) is 0 Å². The van der Waals surface area contributed by atoms with Gasteiger partial charge in [-0.25, -0.2) is 0 Å². The van der Waals surface area contributed by atoms with Gasteiger partial charge in [0.2, 0.25) is 0 Å². The van der Waals surface area contributed by atoms with Gasteiger partial charge < -0.3 is 4.90 Å². The van der Waals surface area contributed by atoms with E-state index in [1.54, 1.807) is 0 Å². The molecule has 0 radical (unpaired) electrons. The SMILES string of the molecule is CCN(Cc1ccccc1)c1ccc(/C=C/c2ccnc3ccccc23)cc1. The average molecular weight is 364 g/mol. The first kappa shape index (κ1) is 18.0. The van der Waals surface area contributed by atoms with Gasteiger partial charge in [-0.05, 0) is 47.9 Å². The van der Waals surface area contributed by atoms with Gasteiger partial charge in [-0.15, -0.1) is 0 Å². The zero-order valence-corrected chi connectivity index (χ0v) is 16.1. The fourth-order valence-corrected chi connectivity index (χ4v) is 3.44. The van der Waals surface area contributed by atoms with E-state index in [1.807, 2.05) is 18.3 Å². The van der Waals surface area contributed by atoms with Crippen LogP contribution in [0.1, 0.15) is 23.6 Å². The number of nitrogens with zero attached hydrogens (tertiary/aromatic N) is 2. The maximum absolute atomic E-state index is 4.43. The van der Waals surface area contributed by atoms with Crippen LogP contribution in [-0.4, -0.2) is 11.5 Å². The van der Waals surface area contributed by atoms with Crippen molar-refractivity contribution in [2.75, 3.05) is 11.4 Å². The van der Waals surface area contributed by atoms with Gasteiger partial charge in [0.05, 0.1) is 5.52 Å². The first-order valence-corrected chi connectivity index (χ1v) is 9.74. The van der Waals surface area contributed by atoms with Crippen molar-refractivity contribution in [3.63, 3.8) is 0 Å². The molecule has 0 saturated heterocycles. The Balaban J connectivity index is 1.52. The van der Waals surface area contributed by atoms with Crippen molar-refractivity contribution in [2.24, 2.45) is 0 Å². The predicted octanol–water partition coefficient (Wildman–Crippen LogP) is 6.43. The molecule has 0 aliphatic rings. The smallest absolute Gasteiger partial charge is 0.0707 e. The zero-order valence-electron chi connectivity index (χ0n) is 16.1. The normalized spacial score (nSPS) is 11.2. The largest absolute Gasteiger partial charge is 0.367 e. The van der Waals surface area contributed by atoms with Gasteiger partial charge in [0, 0.05) is 30.4 Å². The lowest BCUT2D eigenvalue weighted by atomic mass is 10.1. The van der Waals surface area contributed by atoms with Gasteiger partial charge >= 0.3 is 0 Å². The third-order valence-electron chi connectivity index (χ3n) is 4.99. The average Bonchev–Trinajstić information content (AvgIpc) is 2.77. The predicted molar refractivity (Wildman–Crippen MR) is 120 cm³/mol. The molecule has 0 amide bonds. The molecule has 1 heterocycles. The van der Waals surface area contributed by atoms with Gasteiger partial charge in [0.25, 0.3) is 0 Å². The van der Waals surface area contributed by atoms with Crippen LogP contribution in [0.25, 0.3) is 23.1 Å². The zero-order chi connectivity index (χ0) is 19.2. The third-order valence-corrected chi connectivity index (χ3v) is 4.99. The molecular weight excluding hydrogens is 340 g/mol. The number of hydrogen-bond acceptors (Lipinski definition) is 2. The monoisotopic (exact) mass is 364 g/mol. The number of fused-ring (bicyclic) bond motifs is 1. The lowest BCUT2D eigenvalue weighted by Crippen LogP contribution is -2.21. The fourth-order valence-electron chi connectivity index (χ4n) is 3.44. The lowest BCUT2D eigenvalue weighted by Gasteiger charge is -2.23. The molecule has 2 heteroatoms. The van der Waals surface area contributed by atoms with Crippen LogP contribution in [0.4, 0.5) is 5.69 Å². The van der Waals surface area contributed by atoms with Crippen LogP contribution in [0.2, 0.25) is 0 Å². The number of anilines is 1. The Morgan fingerprint density at radius 3 is 2.32 bits per heavy atom. The summed E-state index contributed by atoms with van der Waals surface area (Å²) < 4.78 is 0. The number of benzene rings is 3. The molecular formula is C26H24N2. The van der Waals surface area contributed by atoms with Gasteiger partial charge in [0.1, 0.15) is 0 Å². The summed E-state index contributed by atoms with van der Waals surface area (Å²) in [7, 11) is 0. The van der Waals surface area contributed by atoms with Crippen LogP contribution in [0.15, 0.2) is 91.1 Å². The molecule has 2 nitrogen and oxygen atoms in total. The molecule has 0 saturated carbocycles. The van der Waals surface area contributed by atoms with E-state index < -0.39 is 0 Å². The Morgan fingerprint density at radius 2 is 1.54 bits per heavy atom. The molecule has 4 rings (SSSR count). The highest BCUT2D eigenvalue weighted by atomic mass is 15.1. The number of aromatic nitrogens is 1. The minimum absolute atomic E-state index is 0.926. The highest BCUT2D eigenvalue weighted by Gasteiger charge is 2.05. The molecule has 0 spiro atoms. The fraction of sp³-hybridized carbons (Fsp3) is 0.115. The maximum atomic E-state index is 4.43. The number of hydrogen-bond donors (Lipinski definition) is 0. The molecule has 28 heavy (non-hydrogen) atoms. The molecule has 0 N–H and O–H groups in total. The summed E-state index contributed by atoms with van der Waals surface area (Å²) in [4.78, 5) is 6.82. The number of pyridine rings is 1. The highest BCUT2D eigenvalue weighted by molar-refractivity contribution is 5.90. The van der Waals surface area contributed by atoms with E-state index >= 15 is 0 Å². The second-order valence-electron chi connectivity index (χ2n) is 6.84. The van der Waals surface area contributed by atoms with Crippen molar-refractivity contribution in [3.05, 3.63) is 108 Å². The second-order valence-corrected chi connectivity index (χ2v) is 6.84. The molecule has 0 fully saturated rings. The summed E-state index contributed by atoms with van der Waals surface area (Å²) in [5.41, 5.74) is 5.99. The first-order chi connectivity index (χ1) is 13.8. The first-order valence-electron chi connectivity index (χ1n) is 9.74. The van der Waals surface area contributed by atoms with E-state index in [0.717, 1.165) is 18.6 Å². The van der Waals surface area contributed by atoms with Crippen LogP contribution >= 0.6 is 0 Å². The van der Waals surface area contributed by atoms with Crippen molar-refractivity contribution < 1.29 is 0 Å². The quantitative estimate of drug-likeness (QED) is 0.392. The molecule has 1 aromatic heterocycles. The van der Waals surface area contributed by atoms with E-state index in [9.17, 15) is 0 Å². The van der Waals surface area contributed by atoms with Crippen molar-refractivity contribution in [1.29, 1.82) is 0 Å². The molecule has 0 bridgehead atoms. The molecule has 3 aromatic carbocycles. The molecule has 0 atom stereocenters. The number of rotatable bonds is 6. The van der Waals surface area contributed by atoms with Crippen molar-refractivity contribution in [2.45, 2.75) is 13.5 Å². The molecule has 0 aliphatic carbocycles. The summed E-state index contributed by atoms with van der Waals surface area (Å²) in [5.74, 6) is 0. The summed E-state index contributed by atoms with van der Waals surface area (Å²) in [6.45, 7) is 4.11. The highest BCUT2D eigenvalue weighted by Crippen LogP contribution is 2.21. The molecule has 138 valence electrons. The van der Waals surface area contributed by atoms with E-state index in [2.05, 4.69) is 102 Å². The van der Waals surface area contributed by atoms with Gasteiger partial charge in [-0.3, -0.25) is 4.98 Å².